The van der Waals surface area contributed by atoms with E-state index >= 15 is 0 Å². The average Bonchev–Trinajstić information content (AvgIpc) is 3.24. The summed E-state index contributed by atoms with van der Waals surface area (Å²) in [5.74, 6) is -0.486. The molecule has 2 heterocycles. The fraction of sp³-hybridized carbons (Fsp3) is 0.423. The number of carboxylic acid groups (broad SMARTS) is 1. The standard InChI is InChI=1S/C26H32N6O4/c1-17-23(36-20-11-7-10-19(14-20)25(33)34)13-12-21(28-17)24-22(32(3)30-29-24)16-31(2)26(35)27-15-18-8-5-4-6-9-18/h4-6,8-9,12-13,19-20H,7,10-11,14-16H2,1-3H3,(H,27,35)(H,33,34)/t19-,20?/m0/s1. The second-order valence-corrected chi connectivity index (χ2v) is 9.23. The van der Waals surface area contributed by atoms with Gasteiger partial charge in [-0.05, 0) is 50.3 Å². The molecule has 36 heavy (non-hydrogen) atoms. The van der Waals surface area contributed by atoms with Crippen LogP contribution in [0.5, 0.6) is 5.75 Å². The molecule has 3 aromatic rings. The molecule has 10 nitrogen and oxygen atoms in total. The largest absolute Gasteiger partial charge is 0.489 e. The van der Waals surface area contributed by atoms with E-state index in [0.29, 0.717) is 48.8 Å². The predicted octanol–water partition coefficient (Wildman–Crippen LogP) is 3.55. The number of aromatic nitrogens is 4. The smallest absolute Gasteiger partial charge is 0.317 e. The number of urea groups is 1. The minimum absolute atomic E-state index is 0.138. The summed E-state index contributed by atoms with van der Waals surface area (Å²) in [7, 11) is 3.51. The summed E-state index contributed by atoms with van der Waals surface area (Å²) in [6, 6.07) is 13.2. The molecule has 4 rings (SSSR count). The molecule has 0 radical (unpaired) electrons. The van der Waals surface area contributed by atoms with E-state index in [0.717, 1.165) is 24.1 Å². The summed E-state index contributed by atoms with van der Waals surface area (Å²) in [6.07, 6.45) is 2.73. The number of hydrogen-bond donors (Lipinski definition) is 2. The zero-order valence-corrected chi connectivity index (χ0v) is 20.8. The fourth-order valence-corrected chi connectivity index (χ4v) is 4.42. The van der Waals surface area contributed by atoms with Crippen LogP contribution < -0.4 is 10.1 Å². The van der Waals surface area contributed by atoms with Crippen molar-refractivity contribution in [2.75, 3.05) is 7.05 Å². The molecular weight excluding hydrogens is 460 g/mol. The van der Waals surface area contributed by atoms with Gasteiger partial charge in [-0.1, -0.05) is 35.5 Å². The summed E-state index contributed by atoms with van der Waals surface area (Å²) < 4.78 is 7.77. The van der Waals surface area contributed by atoms with Crippen LogP contribution in [-0.2, 0) is 24.9 Å². The molecule has 2 N–H and O–H groups in total. The van der Waals surface area contributed by atoms with Gasteiger partial charge in [-0.2, -0.15) is 0 Å². The van der Waals surface area contributed by atoms with Crippen molar-refractivity contribution < 1.29 is 19.4 Å². The first-order valence-electron chi connectivity index (χ1n) is 12.1. The second-order valence-electron chi connectivity index (χ2n) is 9.23. The molecule has 1 fully saturated rings. The number of hydrogen-bond acceptors (Lipinski definition) is 6. The van der Waals surface area contributed by atoms with Crippen molar-refractivity contribution in [1.29, 1.82) is 0 Å². The highest BCUT2D eigenvalue weighted by Crippen LogP contribution is 2.30. The lowest BCUT2D eigenvalue weighted by Crippen LogP contribution is -2.36. The molecular formula is C26H32N6O4. The van der Waals surface area contributed by atoms with Crippen molar-refractivity contribution in [3.05, 3.63) is 59.4 Å². The molecule has 0 aliphatic heterocycles. The first kappa shape index (κ1) is 25.2. The maximum Gasteiger partial charge on any atom is 0.317 e. The van der Waals surface area contributed by atoms with Crippen LogP contribution in [0.4, 0.5) is 4.79 Å². The van der Waals surface area contributed by atoms with Crippen LogP contribution in [-0.4, -0.2) is 55.1 Å². The molecule has 2 aromatic heterocycles. The van der Waals surface area contributed by atoms with Gasteiger partial charge in [-0.3, -0.25) is 4.79 Å². The Hall–Kier alpha value is -3.95. The second kappa shape index (κ2) is 11.2. The number of pyridine rings is 1. The Balaban J connectivity index is 1.43. The molecule has 1 saturated carbocycles. The Morgan fingerprint density at radius 1 is 1.19 bits per heavy atom. The summed E-state index contributed by atoms with van der Waals surface area (Å²) >= 11 is 0. The number of carbonyl (C=O) groups excluding carboxylic acids is 1. The highest BCUT2D eigenvalue weighted by molar-refractivity contribution is 5.74. The van der Waals surface area contributed by atoms with Gasteiger partial charge < -0.3 is 20.1 Å². The van der Waals surface area contributed by atoms with Gasteiger partial charge in [0.15, 0.2) is 0 Å². The lowest BCUT2D eigenvalue weighted by atomic mass is 9.87. The van der Waals surface area contributed by atoms with Gasteiger partial charge in [0.05, 0.1) is 35.6 Å². The van der Waals surface area contributed by atoms with E-state index in [1.165, 1.54) is 0 Å². The van der Waals surface area contributed by atoms with E-state index in [-0.39, 0.29) is 18.1 Å². The van der Waals surface area contributed by atoms with E-state index < -0.39 is 5.97 Å². The molecule has 10 heteroatoms. The molecule has 2 amide bonds. The van der Waals surface area contributed by atoms with Crippen molar-refractivity contribution in [1.82, 2.24) is 30.2 Å². The van der Waals surface area contributed by atoms with Crippen LogP contribution in [0.2, 0.25) is 0 Å². The number of amides is 2. The van der Waals surface area contributed by atoms with Crippen LogP contribution in [0.1, 0.15) is 42.6 Å². The van der Waals surface area contributed by atoms with E-state index in [9.17, 15) is 14.7 Å². The van der Waals surface area contributed by atoms with Crippen molar-refractivity contribution in [3.63, 3.8) is 0 Å². The van der Waals surface area contributed by atoms with Crippen LogP contribution in [0.25, 0.3) is 11.4 Å². The summed E-state index contributed by atoms with van der Waals surface area (Å²) in [5, 5.41) is 20.7. The SMILES string of the molecule is Cc1nc(-c2nnn(C)c2CN(C)C(=O)NCc2ccccc2)ccc1OC1CCC[C@H](C(=O)O)C1. The van der Waals surface area contributed by atoms with E-state index in [1.807, 2.05) is 49.4 Å². The quantitative estimate of drug-likeness (QED) is 0.493. The zero-order valence-electron chi connectivity index (χ0n) is 20.8. The highest BCUT2D eigenvalue weighted by atomic mass is 16.5. The number of ether oxygens (including phenoxy) is 1. The topological polar surface area (TPSA) is 122 Å². The summed E-state index contributed by atoms with van der Waals surface area (Å²) in [5.41, 5.74) is 3.70. The molecule has 1 unspecified atom stereocenters. The van der Waals surface area contributed by atoms with Gasteiger partial charge in [-0.15, -0.1) is 5.10 Å². The number of rotatable bonds is 8. The molecule has 1 aliphatic rings. The Labute approximate surface area is 210 Å². The third-order valence-electron chi connectivity index (χ3n) is 6.51. The van der Waals surface area contributed by atoms with E-state index in [2.05, 4.69) is 20.6 Å². The highest BCUT2D eigenvalue weighted by Gasteiger charge is 2.28. The van der Waals surface area contributed by atoms with Crippen LogP contribution in [0, 0.1) is 12.8 Å². The number of aliphatic carboxylic acids is 1. The minimum atomic E-state index is -0.762. The van der Waals surface area contributed by atoms with Gasteiger partial charge in [0.25, 0.3) is 0 Å². The molecule has 0 spiro atoms. The average molecular weight is 493 g/mol. The van der Waals surface area contributed by atoms with Crippen LogP contribution in [0.15, 0.2) is 42.5 Å². The molecule has 0 bridgehead atoms. The number of benzene rings is 1. The van der Waals surface area contributed by atoms with Gasteiger partial charge in [0.1, 0.15) is 11.4 Å². The molecule has 2 atom stereocenters. The third kappa shape index (κ3) is 5.99. The number of carboxylic acids is 1. The monoisotopic (exact) mass is 492 g/mol. The number of carbonyl (C=O) groups is 2. The number of aryl methyl sites for hydroxylation is 2. The molecule has 190 valence electrons. The third-order valence-corrected chi connectivity index (χ3v) is 6.51. The van der Waals surface area contributed by atoms with Gasteiger partial charge in [-0.25, -0.2) is 14.5 Å². The van der Waals surface area contributed by atoms with Crippen molar-refractivity contribution >= 4 is 12.0 Å². The van der Waals surface area contributed by atoms with Gasteiger partial charge >= 0.3 is 12.0 Å². The molecule has 1 aliphatic carbocycles. The number of nitrogens with zero attached hydrogens (tertiary/aromatic N) is 5. The van der Waals surface area contributed by atoms with E-state index in [4.69, 9.17) is 4.74 Å². The lowest BCUT2D eigenvalue weighted by molar-refractivity contribution is -0.143. The Morgan fingerprint density at radius 3 is 2.69 bits per heavy atom. The fourth-order valence-electron chi connectivity index (χ4n) is 4.42. The maximum absolute atomic E-state index is 12.7. The molecule has 1 aromatic carbocycles. The maximum atomic E-state index is 12.7. The first-order valence-corrected chi connectivity index (χ1v) is 12.1. The predicted molar refractivity (Wildman–Crippen MR) is 133 cm³/mol. The minimum Gasteiger partial charge on any atom is -0.489 e. The summed E-state index contributed by atoms with van der Waals surface area (Å²) in [4.78, 5) is 30.3. The Bertz CT molecular complexity index is 1210. The number of nitrogens with one attached hydrogen (secondary N) is 1. The van der Waals surface area contributed by atoms with Gasteiger partial charge in [0, 0.05) is 20.6 Å². The van der Waals surface area contributed by atoms with Gasteiger partial charge in [0.2, 0.25) is 0 Å². The Kier molecular flexibility index (Phi) is 7.82. The first-order chi connectivity index (χ1) is 17.3. The lowest BCUT2D eigenvalue weighted by Gasteiger charge is -2.27. The van der Waals surface area contributed by atoms with Crippen molar-refractivity contribution in [3.8, 4) is 17.1 Å². The van der Waals surface area contributed by atoms with Crippen molar-refractivity contribution in [2.24, 2.45) is 13.0 Å². The van der Waals surface area contributed by atoms with Crippen molar-refractivity contribution in [2.45, 2.75) is 51.8 Å². The Morgan fingerprint density at radius 2 is 1.97 bits per heavy atom. The van der Waals surface area contributed by atoms with Crippen LogP contribution in [0.3, 0.4) is 0 Å². The summed E-state index contributed by atoms with van der Waals surface area (Å²) in [6.45, 7) is 2.60. The van der Waals surface area contributed by atoms with Crippen LogP contribution >= 0.6 is 0 Å². The molecule has 0 saturated heterocycles. The zero-order chi connectivity index (χ0) is 25.7. The normalized spacial score (nSPS) is 17.4. The van der Waals surface area contributed by atoms with E-state index in [1.54, 1.807) is 23.7 Å².